The van der Waals surface area contributed by atoms with Crippen LogP contribution in [0.3, 0.4) is 0 Å². The maximum Gasteiger partial charge on any atom is 0.420 e. The first-order chi connectivity index (χ1) is 12.8. The van der Waals surface area contributed by atoms with E-state index in [2.05, 4.69) is 10.3 Å². The summed E-state index contributed by atoms with van der Waals surface area (Å²) in [6.07, 6.45) is -3.22. The van der Waals surface area contributed by atoms with Gasteiger partial charge in [0.1, 0.15) is 23.0 Å². The second-order valence-corrected chi connectivity index (χ2v) is 7.10. The lowest BCUT2D eigenvalue weighted by Crippen LogP contribution is -2.13. The smallest absolute Gasteiger partial charge is 0.365 e. The fraction of sp³-hybridized carbons (Fsp3) is 0.105. The van der Waals surface area contributed by atoms with Crippen molar-refractivity contribution >= 4 is 38.0 Å². The second-order valence-electron chi connectivity index (χ2n) is 5.93. The number of thiophene rings is 1. The van der Waals surface area contributed by atoms with E-state index in [4.69, 9.17) is 0 Å². The molecule has 8 heteroatoms. The van der Waals surface area contributed by atoms with E-state index in [1.54, 1.807) is 12.1 Å². The summed E-state index contributed by atoms with van der Waals surface area (Å²) >= 11 is 1.11. The van der Waals surface area contributed by atoms with Crippen LogP contribution in [0.5, 0.6) is 0 Å². The average molecular weight is 394 g/mol. The predicted molar refractivity (Wildman–Crippen MR) is 95.8 cm³/mol. The van der Waals surface area contributed by atoms with E-state index in [1.807, 2.05) is 0 Å². The van der Waals surface area contributed by atoms with E-state index in [-0.39, 0.29) is 23.1 Å². The van der Waals surface area contributed by atoms with Crippen molar-refractivity contribution in [3.8, 4) is 0 Å². The number of pyridine rings is 1. The van der Waals surface area contributed by atoms with Gasteiger partial charge >= 0.3 is 6.18 Å². The minimum Gasteiger partial charge on any atom is -0.365 e. The third-order valence-corrected chi connectivity index (χ3v) is 5.20. The molecule has 0 aliphatic heterocycles. The van der Waals surface area contributed by atoms with Crippen LogP contribution in [0.15, 0.2) is 48.7 Å². The first-order valence-corrected chi connectivity index (χ1v) is 8.71. The van der Waals surface area contributed by atoms with Crippen molar-refractivity contribution in [3.05, 3.63) is 70.7 Å². The molecule has 2 heterocycles. The maximum absolute atomic E-state index is 13.8. The van der Waals surface area contributed by atoms with Crippen LogP contribution in [0.1, 0.15) is 10.4 Å². The monoisotopic (exact) mass is 394 g/mol. The topological polar surface area (TPSA) is 24.9 Å². The van der Waals surface area contributed by atoms with Gasteiger partial charge in [0.2, 0.25) is 0 Å². The minimum atomic E-state index is -4.59. The van der Waals surface area contributed by atoms with Crippen molar-refractivity contribution in [2.45, 2.75) is 12.7 Å². The summed E-state index contributed by atoms with van der Waals surface area (Å²) in [6.45, 7) is 0.00876. The lowest BCUT2D eigenvalue weighted by atomic mass is 10.1. The Kier molecular flexibility index (Phi) is 4.22. The molecule has 2 nitrogen and oxygen atoms in total. The summed E-state index contributed by atoms with van der Waals surface area (Å²) in [5, 5.41) is 3.36. The van der Waals surface area contributed by atoms with Gasteiger partial charge < -0.3 is 5.32 Å². The predicted octanol–water partition coefficient (Wildman–Crippen LogP) is 6.36. The van der Waals surface area contributed by atoms with E-state index in [0.29, 0.717) is 15.0 Å². The molecule has 4 rings (SSSR count). The van der Waals surface area contributed by atoms with E-state index < -0.39 is 23.4 Å². The highest BCUT2D eigenvalue weighted by atomic mass is 32.1. The summed E-state index contributed by atoms with van der Waals surface area (Å²) in [6, 6.07) is 9.59. The van der Waals surface area contributed by atoms with Gasteiger partial charge in [-0.25, -0.2) is 13.8 Å². The molecule has 2 aromatic carbocycles. The zero-order valence-corrected chi connectivity index (χ0v) is 14.4. The lowest BCUT2D eigenvalue weighted by Gasteiger charge is -2.15. The summed E-state index contributed by atoms with van der Waals surface area (Å²) in [5.74, 6) is -1.70. The fourth-order valence-corrected chi connectivity index (χ4v) is 4.00. The Bertz CT molecular complexity index is 1150. The first kappa shape index (κ1) is 17.7. The average Bonchev–Trinajstić information content (AvgIpc) is 3.01. The lowest BCUT2D eigenvalue weighted by molar-refractivity contribution is -0.135. The van der Waals surface area contributed by atoms with E-state index in [0.717, 1.165) is 17.4 Å². The Morgan fingerprint density at radius 3 is 2.56 bits per heavy atom. The van der Waals surface area contributed by atoms with Crippen molar-refractivity contribution in [2.75, 3.05) is 5.32 Å². The van der Waals surface area contributed by atoms with Crippen LogP contribution in [0, 0.1) is 11.6 Å². The summed E-state index contributed by atoms with van der Waals surface area (Å²) in [5.41, 5.74) is -0.848. The Labute approximate surface area is 154 Å². The molecule has 0 spiro atoms. The third-order valence-electron chi connectivity index (χ3n) is 4.12. The number of halogens is 5. The van der Waals surface area contributed by atoms with Crippen LogP contribution >= 0.6 is 11.3 Å². The van der Waals surface area contributed by atoms with Crippen LogP contribution in [0.2, 0.25) is 0 Å². The van der Waals surface area contributed by atoms with Crippen molar-refractivity contribution in [1.29, 1.82) is 0 Å². The van der Waals surface area contributed by atoms with E-state index in [1.165, 1.54) is 30.5 Å². The standard InChI is InChI=1S/C19H11F5N2S/c20-11-5-15(21)14-7-12(27-16(14)6-11)9-26-18-17(19(22,23)24)13-4-2-1-3-10(13)8-25-18/h1-8H,9H2,(H,25,26). The number of nitrogens with one attached hydrogen (secondary N) is 1. The number of fused-ring (bicyclic) bond motifs is 2. The van der Waals surface area contributed by atoms with Crippen molar-refractivity contribution < 1.29 is 22.0 Å². The summed E-state index contributed by atoms with van der Waals surface area (Å²) < 4.78 is 68.3. The second kappa shape index (κ2) is 6.45. The van der Waals surface area contributed by atoms with Gasteiger partial charge in [-0.2, -0.15) is 13.2 Å². The van der Waals surface area contributed by atoms with Gasteiger partial charge in [0.25, 0.3) is 0 Å². The molecule has 0 fully saturated rings. The molecule has 1 N–H and O–H groups in total. The zero-order chi connectivity index (χ0) is 19.2. The Morgan fingerprint density at radius 2 is 1.78 bits per heavy atom. The molecule has 0 aliphatic rings. The van der Waals surface area contributed by atoms with Crippen molar-refractivity contribution in [2.24, 2.45) is 0 Å². The molecule has 0 amide bonds. The highest BCUT2D eigenvalue weighted by molar-refractivity contribution is 7.19. The largest absolute Gasteiger partial charge is 0.420 e. The number of alkyl halides is 3. The van der Waals surface area contributed by atoms with Gasteiger partial charge in [-0.3, -0.25) is 0 Å². The van der Waals surface area contributed by atoms with Crippen LogP contribution in [-0.2, 0) is 12.7 Å². The van der Waals surface area contributed by atoms with Gasteiger partial charge in [0.15, 0.2) is 0 Å². The van der Waals surface area contributed by atoms with E-state index in [9.17, 15) is 22.0 Å². The number of nitrogens with zero attached hydrogens (tertiary/aromatic N) is 1. The van der Waals surface area contributed by atoms with Crippen molar-refractivity contribution in [1.82, 2.24) is 4.98 Å². The minimum absolute atomic E-state index is 0.00876. The number of hydrogen-bond donors (Lipinski definition) is 1. The quantitative estimate of drug-likeness (QED) is 0.409. The van der Waals surface area contributed by atoms with Crippen LogP contribution < -0.4 is 5.32 Å². The molecule has 0 unspecified atom stereocenters. The summed E-state index contributed by atoms with van der Waals surface area (Å²) in [4.78, 5) is 4.48. The molecule has 27 heavy (non-hydrogen) atoms. The molecule has 2 aromatic heterocycles. The van der Waals surface area contributed by atoms with Crippen LogP contribution in [0.4, 0.5) is 27.8 Å². The molecule has 4 aromatic rings. The maximum atomic E-state index is 13.8. The highest BCUT2D eigenvalue weighted by Gasteiger charge is 2.36. The van der Waals surface area contributed by atoms with Crippen molar-refractivity contribution in [3.63, 3.8) is 0 Å². The zero-order valence-electron chi connectivity index (χ0n) is 13.6. The molecular weight excluding hydrogens is 383 g/mol. The fourth-order valence-electron chi connectivity index (χ4n) is 2.96. The van der Waals surface area contributed by atoms with Gasteiger partial charge in [0.05, 0.1) is 6.54 Å². The number of benzene rings is 2. The normalized spacial score (nSPS) is 12.0. The molecule has 138 valence electrons. The summed E-state index contributed by atoms with van der Waals surface area (Å²) in [7, 11) is 0. The van der Waals surface area contributed by atoms with E-state index >= 15 is 0 Å². The van der Waals surface area contributed by atoms with Gasteiger partial charge in [-0.15, -0.1) is 11.3 Å². The van der Waals surface area contributed by atoms with Gasteiger partial charge in [-0.05, 0) is 17.5 Å². The Morgan fingerprint density at radius 1 is 1.00 bits per heavy atom. The molecule has 0 radical (unpaired) electrons. The number of aromatic nitrogens is 1. The Hall–Kier alpha value is -2.74. The van der Waals surface area contributed by atoms with Gasteiger partial charge in [0, 0.05) is 32.6 Å². The molecule has 0 bridgehead atoms. The van der Waals surface area contributed by atoms with Gasteiger partial charge in [-0.1, -0.05) is 24.3 Å². The molecular formula is C19H11F5N2S. The van der Waals surface area contributed by atoms with Crippen LogP contribution in [0.25, 0.3) is 20.9 Å². The molecule has 0 atom stereocenters. The molecule has 0 aliphatic carbocycles. The SMILES string of the molecule is Fc1cc(F)c2cc(CNc3ncc4ccccc4c3C(F)(F)F)sc2c1. The number of anilines is 1. The third kappa shape index (κ3) is 3.32. The Balaban J connectivity index is 1.71. The first-order valence-electron chi connectivity index (χ1n) is 7.89. The van der Waals surface area contributed by atoms with Crippen LogP contribution in [-0.4, -0.2) is 4.98 Å². The number of rotatable bonds is 3. The highest BCUT2D eigenvalue weighted by Crippen LogP contribution is 2.39. The number of hydrogen-bond acceptors (Lipinski definition) is 3. The molecule has 0 saturated carbocycles. The molecule has 0 saturated heterocycles.